The highest BCUT2D eigenvalue weighted by Crippen LogP contribution is 2.29. The molecule has 1 aliphatic heterocycles. The molecule has 0 saturated carbocycles. The summed E-state index contributed by atoms with van der Waals surface area (Å²) in [6.07, 6.45) is 1.50. The molecule has 1 aliphatic rings. The molecule has 0 aliphatic carbocycles. The minimum Gasteiger partial charge on any atom is -0.391 e. The number of nitro benzene ring substituents is 1. The first-order chi connectivity index (χ1) is 14.2. The van der Waals surface area contributed by atoms with Crippen LogP contribution in [-0.2, 0) is 16.2 Å². The van der Waals surface area contributed by atoms with Gasteiger partial charge in [-0.15, -0.1) is 0 Å². The molecule has 0 radical (unpaired) electrons. The standard InChI is InChI=1S/C22H21N3O4/c26-25(27)22-14-17(8-9-21(22)24-10-12-28-13-11-24)15-23-29-16-19-6-3-5-18-4-1-2-7-20(18)19/h1-9,14-15H,10-13,16H2/b23-15-. The Morgan fingerprint density at radius 2 is 1.90 bits per heavy atom. The molecule has 0 bridgehead atoms. The van der Waals surface area contributed by atoms with Gasteiger partial charge in [-0.2, -0.15) is 0 Å². The van der Waals surface area contributed by atoms with Crippen LogP contribution in [0.3, 0.4) is 0 Å². The summed E-state index contributed by atoms with van der Waals surface area (Å²) >= 11 is 0. The van der Waals surface area contributed by atoms with Gasteiger partial charge in [0.25, 0.3) is 5.69 Å². The Kier molecular flexibility index (Phi) is 5.67. The maximum atomic E-state index is 11.5. The number of morpholine rings is 1. The monoisotopic (exact) mass is 391 g/mol. The van der Waals surface area contributed by atoms with Crippen LogP contribution in [0.25, 0.3) is 10.8 Å². The second kappa shape index (κ2) is 8.70. The van der Waals surface area contributed by atoms with Crippen molar-refractivity contribution in [3.63, 3.8) is 0 Å². The summed E-state index contributed by atoms with van der Waals surface area (Å²) in [5, 5.41) is 17.8. The van der Waals surface area contributed by atoms with Gasteiger partial charge in [-0.05, 0) is 22.4 Å². The van der Waals surface area contributed by atoms with Crippen LogP contribution in [0.15, 0.2) is 65.8 Å². The minimum atomic E-state index is -0.362. The summed E-state index contributed by atoms with van der Waals surface area (Å²) in [5.41, 5.74) is 2.32. The zero-order valence-corrected chi connectivity index (χ0v) is 15.9. The van der Waals surface area contributed by atoms with Crippen molar-refractivity contribution in [2.45, 2.75) is 6.61 Å². The highest BCUT2D eigenvalue weighted by molar-refractivity contribution is 5.85. The minimum absolute atomic E-state index is 0.0601. The van der Waals surface area contributed by atoms with E-state index in [1.165, 1.54) is 12.3 Å². The van der Waals surface area contributed by atoms with Gasteiger partial charge in [0.05, 0.1) is 24.4 Å². The summed E-state index contributed by atoms with van der Waals surface area (Å²) in [6, 6.07) is 19.2. The van der Waals surface area contributed by atoms with Crippen LogP contribution >= 0.6 is 0 Å². The molecule has 29 heavy (non-hydrogen) atoms. The van der Waals surface area contributed by atoms with Crippen molar-refractivity contribution in [3.05, 3.63) is 81.9 Å². The molecule has 0 unspecified atom stereocenters. The second-order valence-electron chi connectivity index (χ2n) is 6.75. The van der Waals surface area contributed by atoms with Crippen LogP contribution in [-0.4, -0.2) is 37.4 Å². The topological polar surface area (TPSA) is 77.2 Å². The lowest BCUT2D eigenvalue weighted by Gasteiger charge is -2.28. The van der Waals surface area contributed by atoms with E-state index < -0.39 is 0 Å². The number of rotatable bonds is 6. The summed E-state index contributed by atoms with van der Waals surface area (Å²) in [4.78, 5) is 18.6. The molecule has 0 atom stereocenters. The smallest absolute Gasteiger partial charge is 0.293 e. The Labute approximate surface area is 168 Å². The van der Waals surface area contributed by atoms with E-state index in [-0.39, 0.29) is 10.6 Å². The Balaban J connectivity index is 1.46. The van der Waals surface area contributed by atoms with Crippen molar-refractivity contribution in [2.24, 2.45) is 5.16 Å². The molecule has 1 saturated heterocycles. The van der Waals surface area contributed by atoms with Crippen LogP contribution in [0.2, 0.25) is 0 Å². The average molecular weight is 391 g/mol. The van der Waals surface area contributed by atoms with Gasteiger partial charge in [0.1, 0.15) is 12.3 Å². The van der Waals surface area contributed by atoms with Gasteiger partial charge in [-0.3, -0.25) is 10.1 Å². The van der Waals surface area contributed by atoms with E-state index in [4.69, 9.17) is 9.57 Å². The van der Waals surface area contributed by atoms with Crippen LogP contribution in [0.1, 0.15) is 11.1 Å². The number of oxime groups is 1. The van der Waals surface area contributed by atoms with E-state index in [1.54, 1.807) is 6.07 Å². The third-order valence-corrected chi connectivity index (χ3v) is 4.92. The predicted molar refractivity (Wildman–Crippen MR) is 112 cm³/mol. The van der Waals surface area contributed by atoms with Gasteiger partial charge in [-0.1, -0.05) is 53.7 Å². The number of nitrogens with zero attached hydrogens (tertiary/aromatic N) is 3. The van der Waals surface area contributed by atoms with Crippen LogP contribution < -0.4 is 4.90 Å². The molecule has 1 fully saturated rings. The highest BCUT2D eigenvalue weighted by atomic mass is 16.6. The normalized spacial score (nSPS) is 14.4. The van der Waals surface area contributed by atoms with Crippen LogP contribution in [0.5, 0.6) is 0 Å². The zero-order chi connectivity index (χ0) is 20.1. The van der Waals surface area contributed by atoms with Gasteiger partial charge in [0.15, 0.2) is 0 Å². The molecular weight excluding hydrogens is 370 g/mol. The summed E-state index contributed by atoms with van der Waals surface area (Å²) in [5.74, 6) is 0. The number of fused-ring (bicyclic) bond motifs is 1. The van der Waals surface area contributed by atoms with E-state index in [2.05, 4.69) is 17.3 Å². The Morgan fingerprint density at radius 1 is 1.10 bits per heavy atom. The Morgan fingerprint density at radius 3 is 2.72 bits per heavy atom. The van der Waals surface area contributed by atoms with Gasteiger partial charge in [0, 0.05) is 24.7 Å². The zero-order valence-electron chi connectivity index (χ0n) is 15.9. The molecule has 0 spiro atoms. The van der Waals surface area contributed by atoms with Gasteiger partial charge in [0.2, 0.25) is 0 Å². The van der Waals surface area contributed by atoms with Gasteiger partial charge >= 0.3 is 0 Å². The molecule has 3 aromatic carbocycles. The summed E-state index contributed by atoms with van der Waals surface area (Å²) < 4.78 is 5.32. The third-order valence-electron chi connectivity index (χ3n) is 4.92. The first-order valence-electron chi connectivity index (χ1n) is 9.45. The lowest BCUT2D eigenvalue weighted by Crippen LogP contribution is -2.36. The molecule has 0 amide bonds. The molecule has 0 aromatic heterocycles. The SMILES string of the molecule is O=[N+]([O-])c1cc(/C=N\OCc2cccc3ccccc23)ccc1N1CCOCC1. The van der Waals surface area contributed by atoms with E-state index in [1.807, 2.05) is 41.3 Å². The number of hydrogen-bond donors (Lipinski definition) is 0. The molecule has 148 valence electrons. The molecule has 3 aromatic rings. The lowest BCUT2D eigenvalue weighted by molar-refractivity contribution is -0.384. The molecule has 4 rings (SSSR count). The quantitative estimate of drug-likeness (QED) is 0.359. The fourth-order valence-electron chi connectivity index (χ4n) is 3.46. The third kappa shape index (κ3) is 4.35. The predicted octanol–water partition coefficient (Wildman–Crippen LogP) is 4.14. The Hall–Kier alpha value is -3.45. The molecular formula is C22H21N3O4. The van der Waals surface area contributed by atoms with E-state index >= 15 is 0 Å². The number of benzene rings is 3. The van der Waals surface area contributed by atoms with Crippen molar-refractivity contribution in [1.82, 2.24) is 0 Å². The number of hydrogen-bond acceptors (Lipinski definition) is 6. The van der Waals surface area contributed by atoms with E-state index in [0.29, 0.717) is 44.2 Å². The van der Waals surface area contributed by atoms with Crippen molar-refractivity contribution in [2.75, 3.05) is 31.2 Å². The van der Waals surface area contributed by atoms with Crippen molar-refractivity contribution in [1.29, 1.82) is 0 Å². The summed E-state index contributed by atoms with van der Waals surface area (Å²) in [7, 11) is 0. The van der Waals surface area contributed by atoms with E-state index in [0.717, 1.165) is 16.3 Å². The molecule has 7 heteroatoms. The number of anilines is 1. The van der Waals surface area contributed by atoms with Gasteiger partial charge < -0.3 is 14.5 Å². The molecule has 7 nitrogen and oxygen atoms in total. The second-order valence-corrected chi connectivity index (χ2v) is 6.75. The van der Waals surface area contributed by atoms with E-state index in [9.17, 15) is 10.1 Å². The molecule has 1 heterocycles. The van der Waals surface area contributed by atoms with Crippen molar-refractivity contribution >= 4 is 28.4 Å². The average Bonchev–Trinajstić information content (AvgIpc) is 2.77. The Bertz CT molecular complexity index is 1040. The number of ether oxygens (including phenoxy) is 1. The first-order valence-corrected chi connectivity index (χ1v) is 9.45. The summed E-state index contributed by atoms with van der Waals surface area (Å²) in [6.45, 7) is 2.75. The fraction of sp³-hybridized carbons (Fsp3) is 0.227. The highest BCUT2D eigenvalue weighted by Gasteiger charge is 2.21. The van der Waals surface area contributed by atoms with Gasteiger partial charge in [-0.25, -0.2) is 0 Å². The van der Waals surface area contributed by atoms with Crippen molar-refractivity contribution in [3.8, 4) is 0 Å². The first kappa shape index (κ1) is 18.9. The molecule has 0 N–H and O–H groups in total. The fourth-order valence-corrected chi connectivity index (χ4v) is 3.46. The van der Waals surface area contributed by atoms with Crippen LogP contribution in [0, 0.1) is 10.1 Å². The van der Waals surface area contributed by atoms with Crippen LogP contribution in [0.4, 0.5) is 11.4 Å². The number of nitro groups is 1. The van der Waals surface area contributed by atoms with Crippen molar-refractivity contribution < 1.29 is 14.5 Å². The lowest BCUT2D eigenvalue weighted by atomic mass is 10.1. The largest absolute Gasteiger partial charge is 0.391 e. The maximum absolute atomic E-state index is 11.5. The maximum Gasteiger partial charge on any atom is 0.293 e.